The molecule has 15 nitrogen and oxygen atoms in total. The molecule has 1 fully saturated rings. The number of ketones is 1. The van der Waals surface area contributed by atoms with Gasteiger partial charge in [-0.3, -0.25) is 19.6 Å². The highest BCUT2D eigenvalue weighted by Crippen LogP contribution is 2.37. The summed E-state index contributed by atoms with van der Waals surface area (Å²) in [6.07, 6.45) is 4.66. The summed E-state index contributed by atoms with van der Waals surface area (Å²) in [5.41, 5.74) is 1.90. The zero-order chi connectivity index (χ0) is 38.8. The average molecular weight is 772 g/mol. The number of rotatable bonds is 16. The van der Waals surface area contributed by atoms with Gasteiger partial charge in [-0.2, -0.15) is 0 Å². The predicted molar refractivity (Wildman–Crippen MR) is 203 cm³/mol. The lowest BCUT2D eigenvalue weighted by molar-refractivity contribution is -0.153. The van der Waals surface area contributed by atoms with E-state index in [1.165, 1.54) is 30.3 Å². The third-order valence-corrected chi connectivity index (χ3v) is 9.81. The van der Waals surface area contributed by atoms with Crippen molar-refractivity contribution in [3.05, 3.63) is 71.8 Å². The molecule has 0 saturated heterocycles. The number of hydrogen-bond donors (Lipinski definition) is 3. The molecule has 0 heterocycles. The molecule has 3 aromatic rings. The van der Waals surface area contributed by atoms with Crippen molar-refractivity contribution in [2.24, 2.45) is 10.4 Å². The summed E-state index contributed by atoms with van der Waals surface area (Å²) >= 11 is 0. The maximum atomic E-state index is 13.3. The number of Topliss-reactive ketones (excluding diaryl/α,β-unsaturated/α-hetero) is 1. The topological polar surface area (TPSA) is 199 Å². The third-order valence-electron chi connectivity index (χ3n) is 8.47. The van der Waals surface area contributed by atoms with Gasteiger partial charge in [0.05, 0.1) is 12.5 Å². The number of hydrogen-bond acceptors (Lipinski definition) is 12. The van der Waals surface area contributed by atoms with Gasteiger partial charge in [0.15, 0.2) is 12.2 Å². The molecule has 0 aromatic heterocycles. The summed E-state index contributed by atoms with van der Waals surface area (Å²) in [5, 5.41) is 2.73. The summed E-state index contributed by atoms with van der Waals surface area (Å²) < 4.78 is 67.5. The van der Waals surface area contributed by atoms with Crippen molar-refractivity contribution in [2.45, 2.75) is 53.1 Å². The van der Waals surface area contributed by atoms with Crippen molar-refractivity contribution in [2.75, 3.05) is 47.1 Å². The molecule has 1 aliphatic carbocycles. The molecular weight excluding hydrogens is 727 g/mol. The van der Waals surface area contributed by atoms with E-state index in [1.807, 2.05) is 30.9 Å². The number of likely N-dealkylation sites (N-methyl/N-ethyl adjacent to an activating group) is 1. The van der Waals surface area contributed by atoms with Gasteiger partial charge in [-0.25, -0.2) is 31.3 Å². The molecule has 0 spiro atoms. The number of benzene rings is 3. The molecule has 1 aliphatic rings. The highest BCUT2D eigenvalue weighted by molar-refractivity contribution is 7.92. The number of esters is 1. The lowest BCUT2D eigenvalue weighted by Crippen LogP contribution is -2.41. The molecular formula is C36H45N5O10S2. The molecule has 53 heavy (non-hydrogen) atoms. The smallest absolute Gasteiger partial charge is 0.411 e. The van der Waals surface area contributed by atoms with Crippen LogP contribution in [0.2, 0.25) is 0 Å². The lowest BCUT2D eigenvalue weighted by Gasteiger charge is -2.29. The first-order valence-corrected chi connectivity index (χ1v) is 20.6. The summed E-state index contributed by atoms with van der Waals surface area (Å²) in [5.74, 6) is -0.454. The molecule has 17 heteroatoms. The Morgan fingerprint density at radius 3 is 2.36 bits per heavy atom. The van der Waals surface area contributed by atoms with E-state index in [0.717, 1.165) is 43.0 Å². The van der Waals surface area contributed by atoms with Gasteiger partial charge in [0.25, 0.3) is 0 Å². The average Bonchev–Trinajstić information content (AvgIpc) is 3.08. The Kier molecular flexibility index (Phi) is 13.6. The largest absolute Gasteiger partial charge is 0.446 e. The van der Waals surface area contributed by atoms with Gasteiger partial charge < -0.3 is 19.1 Å². The Bertz CT molecular complexity index is 2050. The number of anilines is 3. The Balaban J connectivity index is 1.45. The number of sulfonamides is 2. The predicted octanol–water partition coefficient (Wildman–Crippen LogP) is 5.28. The van der Waals surface area contributed by atoms with Crippen LogP contribution in [0.3, 0.4) is 0 Å². The van der Waals surface area contributed by atoms with Crippen molar-refractivity contribution < 1.29 is 45.4 Å². The Hall–Kier alpha value is -5.00. The van der Waals surface area contributed by atoms with Gasteiger partial charge in [-0.1, -0.05) is 12.5 Å². The fourth-order valence-corrected chi connectivity index (χ4v) is 6.55. The summed E-state index contributed by atoms with van der Waals surface area (Å²) in [6, 6.07) is 16.2. The van der Waals surface area contributed by atoms with Crippen molar-refractivity contribution >= 4 is 67.0 Å². The molecule has 3 aromatic carbocycles. The van der Waals surface area contributed by atoms with Crippen molar-refractivity contribution in [1.29, 1.82) is 0 Å². The number of aliphatic imine (C=N–C) groups is 1. The summed E-state index contributed by atoms with van der Waals surface area (Å²) in [6.45, 7) is 6.56. The Labute approximate surface area is 310 Å². The van der Waals surface area contributed by atoms with Crippen LogP contribution >= 0.6 is 0 Å². The van der Waals surface area contributed by atoms with E-state index in [4.69, 9.17) is 14.2 Å². The van der Waals surface area contributed by atoms with Crippen molar-refractivity contribution in [1.82, 2.24) is 4.72 Å². The van der Waals surface area contributed by atoms with Crippen LogP contribution < -0.4 is 29.1 Å². The number of ether oxygens (including phenoxy) is 3. The molecule has 1 saturated carbocycles. The first-order valence-electron chi connectivity index (χ1n) is 16.9. The SMILES string of the molecule is CCN(CCNS(C)(=O)=O)c1ccc(NC(=O)OCc2ccc(OC(=O)C3(C)CCCCC3=O)c(N=COc3ccc(NS(C)(=O)=O)cc3)c2)c(C)c1. The number of aryl methyl sites for hydroxylation is 1. The molecule has 0 aliphatic heterocycles. The molecule has 0 radical (unpaired) electrons. The lowest BCUT2D eigenvalue weighted by atomic mass is 9.74. The minimum Gasteiger partial charge on any atom is -0.446 e. The van der Waals surface area contributed by atoms with Crippen LogP contribution in [-0.2, 0) is 41.0 Å². The third kappa shape index (κ3) is 12.3. The zero-order valence-electron chi connectivity index (χ0n) is 30.3. The highest BCUT2D eigenvalue weighted by atomic mass is 32.2. The molecule has 4 rings (SSSR count). The van der Waals surface area contributed by atoms with E-state index >= 15 is 0 Å². The molecule has 1 amide bonds. The van der Waals surface area contributed by atoms with Gasteiger partial charge in [0.1, 0.15) is 29.2 Å². The zero-order valence-corrected chi connectivity index (χ0v) is 31.9. The van der Waals surface area contributed by atoms with Gasteiger partial charge in [-0.15, -0.1) is 0 Å². The molecule has 1 unspecified atom stereocenters. The summed E-state index contributed by atoms with van der Waals surface area (Å²) in [4.78, 5) is 45.1. The van der Waals surface area contributed by atoms with Gasteiger partial charge in [0, 0.05) is 43.1 Å². The van der Waals surface area contributed by atoms with Crippen LogP contribution in [0.25, 0.3) is 0 Å². The fraction of sp³-hybridized carbons (Fsp3) is 0.389. The Morgan fingerprint density at radius 1 is 0.981 bits per heavy atom. The van der Waals surface area contributed by atoms with E-state index < -0.39 is 37.5 Å². The quantitative estimate of drug-likeness (QED) is 0.0563. The Morgan fingerprint density at radius 2 is 1.72 bits per heavy atom. The monoisotopic (exact) mass is 771 g/mol. The fourth-order valence-electron chi connectivity index (χ4n) is 5.52. The first-order chi connectivity index (χ1) is 25.0. The van der Waals surface area contributed by atoms with Crippen LogP contribution in [0, 0.1) is 12.3 Å². The number of nitrogens with one attached hydrogen (secondary N) is 3. The minimum absolute atomic E-state index is 0.0688. The van der Waals surface area contributed by atoms with Gasteiger partial charge in [0.2, 0.25) is 20.0 Å². The molecule has 3 N–H and O–H groups in total. The maximum absolute atomic E-state index is 13.3. The second-order valence-electron chi connectivity index (χ2n) is 12.9. The van der Waals surface area contributed by atoms with Crippen LogP contribution in [-0.4, -0.2) is 73.2 Å². The van der Waals surface area contributed by atoms with E-state index in [1.54, 1.807) is 25.1 Å². The van der Waals surface area contributed by atoms with Crippen LogP contribution in [0.5, 0.6) is 11.5 Å². The highest BCUT2D eigenvalue weighted by Gasteiger charge is 2.44. The van der Waals surface area contributed by atoms with Gasteiger partial charge in [-0.05, 0) is 99.3 Å². The normalized spacial score (nSPS) is 16.2. The first kappa shape index (κ1) is 40.8. The number of amides is 1. The maximum Gasteiger partial charge on any atom is 0.411 e. The van der Waals surface area contributed by atoms with Crippen LogP contribution in [0.4, 0.5) is 27.5 Å². The number of carbonyl (C=O) groups is 3. The standard InChI is InChI=1S/C36H45N5O10S2/c1-6-41(20-19-38-52(4,45)46)28-13-16-30(25(2)21-28)39-35(44)49-23-26-10-17-32(51-34(43)36(3)18-8-7-9-33(36)42)31(22-26)37-24-50-29-14-11-27(12-15-29)40-53(5,47)48/h10-17,21-22,24,38,40H,6-9,18-20,23H2,1-5H3,(H,39,44). The van der Waals surface area contributed by atoms with Gasteiger partial charge >= 0.3 is 12.1 Å². The van der Waals surface area contributed by atoms with E-state index in [-0.39, 0.29) is 30.4 Å². The number of carbonyl (C=O) groups excluding carboxylic acids is 3. The van der Waals surface area contributed by atoms with E-state index in [2.05, 4.69) is 19.8 Å². The molecule has 1 atom stereocenters. The van der Waals surface area contributed by atoms with Crippen molar-refractivity contribution in [3.63, 3.8) is 0 Å². The van der Waals surface area contributed by atoms with Crippen molar-refractivity contribution in [3.8, 4) is 11.5 Å². The second kappa shape index (κ2) is 17.7. The van der Waals surface area contributed by atoms with E-state index in [9.17, 15) is 31.2 Å². The van der Waals surface area contributed by atoms with E-state index in [0.29, 0.717) is 48.6 Å². The molecule has 286 valence electrons. The minimum atomic E-state index is -3.45. The van der Waals surface area contributed by atoms with Crippen LogP contribution in [0.1, 0.15) is 50.7 Å². The molecule has 0 bridgehead atoms. The summed E-state index contributed by atoms with van der Waals surface area (Å²) in [7, 11) is -6.75. The van der Waals surface area contributed by atoms with Crippen LogP contribution in [0.15, 0.2) is 65.7 Å². The number of nitrogens with zero attached hydrogens (tertiary/aromatic N) is 2. The second-order valence-corrected chi connectivity index (χ2v) is 16.4.